The summed E-state index contributed by atoms with van der Waals surface area (Å²) in [5.74, 6) is 0.742. The van der Waals surface area contributed by atoms with E-state index in [1.54, 1.807) is 11.8 Å². The Labute approximate surface area is 110 Å². The van der Waals surface area contributed by atoms with Gasteiger partial charge < -0.3 is 11.1 Å². The maximum Gasteiger partial charge on any atom is 0.131 e. The maximum atomic E-state index is 9.01. The van der Waals surface area contributed by atoms with Gasteiger partial charge in [-0.1, -0.05) is 0 Å². The molecule has 1 aliphatic carbocycles. The second-order valence-electron chi connectivity index (χ2n) is 4.94. The van der Waals surface area contributed by atoms with Gasteiger partial charge in [0.1, 0.15) is 15.9 Å². The molecule has 17 heavy (non-hydrogen) atoms. The highest BCUT2D eigenvalue weighted by Gasteiger charge is 2.38. The number of rotatable bonds is 4. The lowest BCUT2D eigenvalue weighted by Gasteiger charge is -2.27. The monoisotopic (exact) mass is 267 g/mol. The van der Waals surface area contributed by atoms with Crippen LogP contribution in [0.5, 0.6) is 0 Å². The summed E-state index contributed by atoms with van der Waals surface area (Å²) in [6.07, 6.45) is 4.58. The van der Waals surface area contributed by atoms with E-state index in [-0.39, 0.29) is 5.54 Å². The molecule has 0 radical (unpaired) electrons. The zero-order valence-corrected chi connectivity index (χ0v) is 12.0. The van der Waals surface area contributed by atoms with Crippen molar-refractivity contribution in [1.29, 1.82) is 5.26 Å². The molecule has 92 valence electrons. The van der Waals surface area contributed by atoms with Crippen LogP contribution in [0.25, 0.3) is 0 Å². The minimum absolute atomic E-state index is 0.0918. The number of nitriles is 1. The van der Waals surface area contributed by atoms with Gasteiger partial charge in [0.05, 0.1) is 10.6 Å². The van der Waals surface area contributed by atoms with Crippen molar-refractivity contribution in [2.45, 2.75) is 37.1 Å². The zero-order chi connectivity index (χ0) is 12.6. The zero-order valence-electron chi connectivity index (χ0n) is 10.3. The number of hydrogen-bond donors (Lipinski definition) is 2. The van der Waals surface area contributed by atoms with Gasteiger partial charge in [-0.3, -0.25) is 0 Å². The number of thioether (sulfide) groups is 1. The van der Waals surface area contributed by atoms with Crippen LogP contribution < -0.4 is 11.1 Å². The van der Waals surface area contributed by atoms with Gasteiger partial charge >= 0.3 is 0 Å². The Kier molecular flexibility index (Phi) is 3.28. The first-order valence-corrected chi connectivity index (χ1v) is 7.68. The second kappa shape index (κ2) is 4.43. The molecule has 3 nitrogen and oxygen atoms in total. The van der Waals surface area contributed by atoms with Gasteiger partial charge in [-0.25, -0.2) is 0 Å². The summed E-state index contributed by atoms with van der Waals surface area (Å²) in [6, 6.07) is 2.16. The van der Waals surface area contributed by atoms with Gasteiger partial charge in [-0.15, -0.1) is 23.1 Å². The summed E-state index contributed by atoms with van der Waals surface area (Å²) in [4.78, 5) is 1.63. The van der Waals surface area contributed by atoms with Crippen molar-refractivity contribution in [2.75, 3.05) is 17.3 Å². The largest absolute Gasteiger partial charge is 0.396 e. The highest BCUT2D eigenvalue weighted by molar-refractivity contribution is 7.99. The standard InChI is InChI=1S/C12H17N3S2/c1-12(2,7-4-5-7)15-11-10(16-3)9(14)8(6-13)17-11/h7,15H,4-5,14H2,1-3H3. The number of nitrogens with one attached hydrogen (secondary N) is 1. The molecule has 0 spiro atoms. The Morgan fingerprint density at radius 1 is 1.53 bits per heavy atom. The molecular weight excluding hydrogens is 250 g/mol. The Hall–Kier alpha value is -0.860. The first-order valence-electron chi connectivity index (χ1n) is 5.64. The van der Waals surface area contributed by atoms with E-state index in [0.717, 1.165) is 15.8 Å². The van der Waals surface area contributed by atoms with Crippen molar-refractivity contribution in [2.24, 2.45) is 5.92 Å². The molecule has 1 heterocycles. The topological polar surface area (TPSA) is 61.8 Å². The van der Waals surface area contributed by atoms with Crippen LogP contribution in [-0.4, -0.2) is 11.8 Å². The quantitative estimate of drug-likeness (QED) is 0.819. The number of nitrogen functional groups attached to an aromatic ring is 1. The van der Waals surface area contributed by atoms with E-state index in [1.165, 1.54) is 24.2 Å². The third kappa shape index (κ3) is 2.38. The van der Waals surface area contributed by atoms with Crippen LogP contribution in [0.2, 0.25) is 0 Å². The average molecular weight is 267 g/mol. The van der Waals surface area contributed by atoms with E-state index < -0.39 is 0 Å². The van der Waals surface area contributed by atoms with Crippen molar-refractivity contribution in [3.63, 3.8) is 0 Å². The number of anilines is 2. The third-order valence-electron chi connectivity index (χ3n) is 3.24. The van der Waals surface area contributed by atoms with Gasteiger partial charge in [-0.05, 0) is 38.9 Å². The van der Waals surface area contributed by atoms with E-state index in [4.69, 9.17) is 11.0 Å². The summed E-state index contributed by atoms with van der Waals surface area (Å²) >= 11 is 3.07. The van der Waals surface area contributed by atoms with Crippen LogP contribution >= 0.6 is 23.1 Å². The minimum Gasteiger partial charge on any atom is -0.396 e. The summed E-state index contributed by atoms with van der Waals surface area (Å²) < 4.78 is 0. The lowest BCUT2D eigenvalue weighted by molar-refractivity contribution is 0.495. The third-order valence-corrected chi connectivity index (χ3v) is 5.23. The molecule has 1 saturated carbocycles. The molecule has 0 bridgehead atoms. The van der Waals surface area contributed by atoms with Crippen LogP contribution in [0.3, 0.4) is 0 Å². The molecule has 5 heteroatoms. The minimum atomic E-state index is 0.0918. The van der Waals surface area contributed by atoms with E-state index in [1.807, 2.05) is 6.26 Å². The van der Waals surface area contributed by atoms with E-state index in [9.17, 15) is 0 Å². The first kappa shape index (κ1) is 12.6. The molecule has 1 aromatic heterocycles. The normalized spacial score (nSPS) is 15.6. The molecular formula is C12H17N3S2. The summed E-state index contributed by atoms with van der Waals surface area (Å²) in [6.45, 7) is 4.44. The number of nitrogens with zero attached hydrogens (tertiary/aromatic N) is 1. The highest BCUT2D eigenvalue weighted by Crippen LogP contribution is 2.46. The predicted molar refractivity (Wildman–Crippen MR) is 75.7 cm³/mol. The van der Waals surface area contributed by atoms with Crippen LogP contribution in [0.1, 0.15) is 31.6 Å². The van der Waals surface area contributed by atoms with Crippen LogP contribution in [0.4, 0.5) is 10.7 Å². The second-order valence-corrected chi connectivity index (χ2v) is 6.78. The SMILES string of the molecule is CSc1c(NC(C)(C)C2CC2)sc(C#N)c1N. The van der Waals surface area contributed by atoms with Gasteiger partial charge in [0.2, 0.25) is 0 Å². The molecule has 0 amide bonds. The maximum absolute atomic E-state index is 9.01. The molecule has 1 aliphatic rings. The fourth-order valence-corrected chi connectivity index (χ4v) is 3.97. The van der Waals surface area contributed by atoms with Crippen LogP contribution in [-0.2, 0) is 0 Å². The van der Waals surface area contributed by atoms with Crippen molar-refractivity contribution < 1.29 is 0 Å². The van der Waals surface area contributed by atoms with Crippen LogP contribution in [0, 0.1) is 17.2 Å². The number of nitrogens with two attached hydrogens (primary N) is 1. The molecule has 2 rings (SSSR count). The fraction of sp³-hybridized carbons (Fsp3) is 0.583. The summed E-state index contributed by atoms with van der Waals surface area (Å²) in [5.41, 5.74) is 6.68. The van der Waals surface area contributed by atoms with E-state index in [0.29, 0.717) is 10.6 Å². The Morgan fingerprint density at radius 2 is 2.18 bits per heavy atom. The summed E-state index contributed by atoms with van der Waals surface area (Å²) in [5, 5.41) is 13.6. The lowest BCUT2D eigenvalue weighted by atomic mass is 9.99. The molecule has 0 unspecified atom stereocenters. The molecule has 1 fully saturated rings. The van der Waals surface area contributed by atoms with Gasteiger partial charge in [0, 0.05) is 5.54 Å². The molecule has 0 saturated heterocycles. The molecule has 1 aromatic rings. The van der Waals surface area contributed by atoms with Crippen molar-refractivity contribution in [1.82, 2.24) is 0 Å². The van der Waals surface area contributed by atoms with Crippen molar-refractivity contribution >= 4 is 33.8 Å². The smallest absolute Gasteiger partial charge is 0.131 e. The fourth-order valence-electron chi connectivity index (χ4n) is 2.00. The average Bonchev–Trinajstić information content (AvgIpc) is 3.06. The van der Waals surface area contributed by atoms with Crippen molar-refractivity contribution in [3.8, 4) is 6.07 Å². The Morgan fingerprint density at radius 3 is 2.65 bits per heavy atom. The molecule has 0 atom stereocenters. The lowest BCUT2D eigenvalue weighted by Crippen LogP contribution is -2.33. The van der Waals surface area contributed by atoms with E-state index >= 15 is 0 Å². The Bertz CT molecular complexity index is 467. The molecule has 3 N–H and O–H groups in total. The summed E-state index contributed by atoms with van der Waals surface area (Å²) in [7, 11) is 0. The van der Waals surface area contributed by atoms with Crippen molar-refractivity contribution in [3.05, 3.63) is 4.88 Å². The first-order chi connectivity index (χ1) is 7.99. The van der Waals surface area contributed by atoms with Gasteiger partial charge in [0.25, 0.3) is 0 Å². The number of thiophene rings is 1. The van der Waals surface area contributed by atoms with Crippen LogP contribution in [0.15, 0.2) is 4.90 Å². The van der Waals surface area contributed by atoms with E-state index in [2.05, 4.69) is 25.2 Å². The Balaban J connectivity index is 2.29. The number of hydrogen-bond acceptors (Lipinski definition) is 5. The predicted octanol–water partition coefficient (Wildman–Crippen LogP) is 3.52. The molecule has 0 aromatic carbocycles. The van der Waals surface area contributed by atoms with Gasteiger partial charge in [0.15, 0.2) is 0 Å². The van der Waals surface area contributed by atoms with Gasteiger partial charge in [-0.2, -0.15) is 5.26 Å². The molecule has 0 aliphatic heterocycles. The highest BCUT2D eigenvalue weighted by atomic mass is 32.2.